The SMILES string of the molecule is CCOC(=O)CCCN(C)S(=O)(=O)c1ccc2c(c1)C(C)(C)C(C=CC=CC=CC=C1N(CCCS(=O)(=O)O)c3ccc(S(=O)(=O)O)cc3C1(C)C)=[N+]2CCCS(=O)(=O)O. The molecule has 0 aliphatic carbocycles. The van der Waals surface area contributed by atoms with E-state index in [-0.39, 0.29) is 61.7 Å². The van der Waals surface area contributed by atoms with Gasteiger partial charge in [-0.15, -0.1) is 0 Å². The molecule has 0 spiro atoms. The molecule has 20 heteroatoms. The highest BCUT2D eigenvalue weighted by atomic mass is 32.2. The Bertz CT molecular complexity index is 2570. The predicted molar refractivity (Wildman–Crippen MR) is 229 cm³/mol. The van der Waals surface area contributed by atoms with E-state index in [0.717, 1.165) is 5.71 Å². The molecule has 2 heterocycles. The van der Waals surface area contributed by atoms with E-state index in [2.05, 4.69) is 0 Å². The van der Waals surface area contributed by atoms with Crippen molar-refractivity contribution >= 4 is 63.4 Å². The van der Waals surface area contributed by atoms with Crippen molar-refractivity contribution < 1.29 is 61.4 Å². The van der Waals surface area contributed by atoms with Crippen molar-refractivity contribution in [2.45, 2.75) is 80.9 Å². The summed E-state index contributed by atoms with van der Waals surface area (Å²) in [6, 6.07) is 8.97. The Morgan fingerprint density at radius 3 is 2.02 bits per heavy atom. The average Bonchev–Trinajstić information content (AvgIpc) is 3.47. The summed E-state index contributed by atoms with van der Waals surface area (Å²) in [6.45, 7) is 10.0. The van der Waals surface area contributed by atoms with Crippen molar-refractivity contribution in [3.05, 3.63) is 95.8 Å². The number of hydrogen-bond donors (Lipinski definition) is 3. The molecule has 0 bridgehead atoms. The molecule has 0 radical (unpaired) electrons. The number of carbonyl (C=O) groups is 1. The van der Waals surface area contributed by atoms with Gasteiger partial charge in [0, 0.05) is 67.5 Å². The van der Waals surface area contributed by atoms with E-state index in [9.17, 15) is 52.1 Å². The van der Waals surface area contributed by atoms with Crippen LogP contribution in [0.4, 0.5) is 11.4 Å². The lowest BCUT2D eigenvalue weighted by molar-refractivity contribution is -0.437. The maximum atomic E-state index is 13.6. The van der Waals surface area contributed by atoms with Gasteiger partial charge in [0.25, 0.3) is 30.4 Å². The van der Waals surface area contributed by atoms with Gasteiger partial charge in [0.2, 0.25) is 15.7 Å². The van der Waals surface area contributed by atoms with Gasteiger partial charge in [-0.2, -0.15) is 29.8 Å². The zero-order valence-corrected chi connectivity index (χ0v) is 37.7. The highest BCUT2D eigenvalue weighted by Gasteiger charge is 2.45. The van der Waals surface area contributed by atoms with Crippen LogP contribution >= 0.6 is 0 Å². The quantitative estimate of drug-likeness (QED) is 0.0673. The molecule has 330 valence electrons. The standard InChI is InChI=1S/C40H53N3O13S4/c1-7-56-38(44)18-13-23-41(6)59(51,52)30-19-21-34-32(28-30)39(2,3)36(42(34)24-14-26-57(45,46)47)16-11-9-8-10-12-17-37-40(4,5)33-29-31(60(53,54)55)20-22-35(33)43(37)25-15-27-58(48,49)50/h8-12,16-17,19-22,28-29H,7,13-15,18,23-27H2,1-6H3,(H2-,45,46,47,48,49,50,53,54,55)/p+1. The maximum Gasteiger partial charge on any atom is 0.305 e. The smallest absolute Gasteiger partial charge is 0.305 e. The second kappa shape index (κ2) is 18.9. The number of anilines is 1. The minimum Gasteiger partial charge on any atom is -0.466 e. The van der Waals surface area contributed by atoms with Crippen LogP contribution in [0.3, 0.4) is 0 Å². The first-order valence-electron chi connectivity index (χ1n) is 19.2. The van der Waals surface area contributed by atoms with Gasteiger partial charge in [-0.25, -0.2) is 12.7 Å². The van der Waals surface area contributed by atoms with Crippen LogP contribution in [0.1, 0.15) is 71.4 Å². The van der Waals surface area contributed by atoms with E-state index in [1.165, 1.54) is 29.6 Å². The Balaban J connectivity index is 1.61. The van der Waals surface area contributed by atoms with Crippen LogP contribution in [0.2, 0.25) is 0 Å². The number of hydrogen-bond acceptors (Lipinski definition) is 11. The third kappa shape index (κ3) is 11.9. The van der Waals surface area contributed by atoms with E-state index in [4.69, 9.17) is 4.74 Å². The first-order chi connectivity index (χ1) is 27.7. The van der Waals surface area contributed by atoms with Gasteiger partial charge in [-0.05, 0) is 75.6 Å². The van der Waals surface area contributed by atoms with Gasteiger partial charge < -0.3 is 9.64 Å². The van der Waals surface area contributed by atoms with Gasteiger partial charge in [0.05, 0.1) is 33.3 Å². The summed E-state index contributed by atoms with van der Waals surface area (Å²) < 4.78 is 134. The number of fused-ring (bicyclic) bond motifs is 2. The number of carbonyl (C=O) groups excluding carboxylic acids is 1. The number of rotatable bonds is 20. The lowest BCUT2D eigenvalue weighted by Crippen LogP contribution is -2.30. The van der Waals surface area contributed by atoms with Gasteiger partial charge in [0.15, 0.2) is 5.71 Å². The Morgan fingerprint density at radius 1 is 0.783 bits per heavy atom. The Kier molecular flexibility index (Phi) is 15.4. The number of sulfonamides is 1. The van der Waals surface area contributed by atoms with Gasteiger partial charge in [0.1, 0.15) is 6.54 Å². The predicted octanol–water partition coefficient (Wildman–Crippen LogP) is 5.18. The van der Waals surface area contributed by atoms with Crippen LogP contribution < -0.4 is 4.90 Å². The molecule has 3 N–H and O–H groups in total. The van der Waals surface area contributed by atoms with Crippen LogP contribution in [0.5, 0.6) is 0 Å². The van der Waals surface area contributed by atoms with E-state index in [0.29, 0.717) is 28.2 Å². The summed E-state index contributed by atoms with van der Waals surface area (Å²) in [6.07, 6.45) is 13.0. The van der Waals surface area contributed by atoms with Crippen molar-refractivity contribution in [2.24, 2.45) is 0 Å². The highest BCUT2D eigenvalue weighted by Crippen LogP contribution is 2.48. The molecule has 4 rings (SSSR count). The number of nitrogens with zero attached hydrogens (tertiary/aromatic N) is 3. The summed E-state index contributed by atoms with van der Waals surface area (Å²) in [4.78, 5) is 13.4. The van der Waals surface area contributed by atoms with Crippen molar-refractivity contribution in [3.8, 4) is 0 Å². The van der Waals surface area contributed by atoms with Gasteiger partial charge in [-0.1, -0.05) is 44.2 Å². The number of benzene rings is 2. The normalized spacial score (nSPS) is 17.5. The minimum atomic E-state index is -4.49. The number of allylic oxidation sites excluding steroid dienone is 8. The Hall–Kier alpha value is -4.02. The number of ether oxygens (including phenoxy) is 1. The second-order valence-electron chi connectivity index (χ2n) is 15.5. The maximum absolute atomic E-state index is 13.6. The fraction of sp³-hybridized carbons (Fsp3) is 0.450. The third-order valence-corrected chi connectivity index (χ3v) is 14.7. The lowest BCUT2D eigenvalue weighted by Gasteiger charge is -2.27. The summed E-state index contributed by atoms with van der Waals surface area (Å²) in [5, 5.41) is 0. The van der Waals surface area contributed by atoms with Crippen LogP contribution in [-0.2, 0) is 60.7 Å². The monoisotopic (exact) mass is 912 g/mol. The fourth-order valence-electron chi connectivity index (χ4n) is 7.39. The first kappa shape index (κ1) is 48.6. The molecule has 0 amide bonds. The van der Waals surface area contributed by atoms with Gasteiger partial charge in [-0.3, -0.25) is 18.5 Å². The molecule has 0 saturated heterocycles. The minimum absolute atomic E-state index is 0.0552. The molecule has 0 fully saturated rings. The van der Waals surface area contributed by atoms with Crippen LogP contribution in [0.25, 0.3) is 0 Å². The molecular formula is C40H54N3O13S4+. The summed E-state index contributed by atoms with van der Waals surface area (Å²) in [5.74, 6) is -1.35. The van der Waals surface area contributed by atoms with Crippen LogP contribution in [0.15, 0.2) is 94.4 Å². The molecule has 0 atom stereocenters. The largest absolute Gasteiger partial charge is 0.466 e. The van der Waals surface area contributed by atoms with Crippen LogP contribution in [0, 0.1) is 0 Å². The molecule has 16 nitrogen and oxygen atoms in total. The highest BCUT2D eigenvalue weighted by molar-refractivity contribution is 7.89. The Labute approximate surface area is 353 Å². The molecule has 2 aromatic rings. The van der Waals surface area contributed by atoms with Gasteiger partial charge >= 0.3 is 5.97 Å². The van der Waals surface area contributed by atoms with E-state index in [1.807, 2.05) is 43.2 Å². The van der Waals surface area contributed by atoms with E-state index < -0.39 is 68.7 Å². The zero-order chi connectivity index (χ0) is 44.9. The van der Waals surface area contributed by atoms with Crippen LogP contribution in [-0.4, -0.2) is 113 Å². The lowest BCUT2D eigenvalue weighted by atomic mass is 9.81. The topological polar surface area (TPSA) is 233 Å². The molecule has 0 aromatic heterocycles. The summed E-state index contributed by atoms with van der Waals surface area (Å²) in [5.41, 5.74) is 2.55. The van der Waals surface area contributed by atoms with Crippen molar-refractivity contribution in [1.82, 2.24) is 4.31 Å². The zero-order valence-electron chi connectivity index (χ0n) is 34.5. The number of esters is 1. The third-order valence-electron chi connectivity index (χ3n) is 10.4. The van der Waals surface area contributed by atoms with E-state index >= 15 is 0 Å². The fourth-order valence-corrected chi connectivity index (χ4v) is 10.1. The average molecular weight is 913 g/mol. The van der Waals surface area contributed by atoms with Crippen molar-refractivity contribution in [1.29, 1.82) is 0 Å². The summed E-state index contributed by atoms with van der Waals surface area (Å²) >= 11 is 0. The second-order valence-corrected chi connectivity index (χ2v) is 22.1. The first-order valence-corrected chi connectivity index (χ1v) is 25.2. The Morgan fingerprint density at radius 2 is 1.38 bits per heavy atom. The molecule has 2 aliphatic rings. The summed E-state index contributed by atoms with van der Waals surface area (Å²) in [7, 11) is -15.5. The van der Waals surface area contributed by atoms with Crippen molar-refractivity contribution in [2.75, 3.05) is 49.7 Å². The molecule has 60 heavy (non-hydrogen) atoms. The molecule has 0 saturated carbocycles. The molecule has 0 unspecified atom stereocenters. The van der Waals surface area contributed by atoms with Crippen molar-refractivity contribution in [3.63, 3.8) is 0 Å². The van der Waals surface area contributed by atoms with E-state index in [1.54, 1.807) is 61.6 Å². The molecule has 2 aromatic carbocycles. The molecular weight excluding hydrogens is 859 g/mol. The molecule has 2 aliphatic heterocycles.